The largest absolute Gasteiger partial charge is 0.391 e. The molecule has 2 heteroatoms. The van der Waals surface area contributed by atoms with Gasteiger partial charge in [0.15, 0.2) is 0 Å². The van der Waals surface area contributed by atoms with Gasteiger partial charge in [-0.05, 0) is 31.7 Å². The summed E-state index contributed by atoms with van der Waals surface area (Å²) in [4.78, 5) is 0. The van der Waals surface area contributed by atoms with Crippen molar-refractivity contribution < 1.29 is 5.11 Å². The van der Waals surface area contributed by atoms with Crippen LogP contribution in [0.1, 0.15) is 65.2 Å². The highest BCUT2D eigenvalue weighted by molar-refractivity contribution is 4.81. The van der Waals surface area contributed by atoms with Crippen LogP contribution in [0.5, 0.6) is 0 Å². The van der Waals surface area contributed by atoms with E-state index in [4.69, 9.17) is 0 Å². The average molecular weight is 227 g/mol. The Balaban J connectivity index is 2.26. The van der Waals surface area contributed by atoms with E-state index in [0.29, 0.717) is 6.04 Å². The van der Waals surface area contributed by atoms with Crippen LogP contribution in [-0.4, -0.2) is 23.8 Å². The Hall–Kier alpha value is -0.0800. The van der Waals surface area contributed by atoms with Crippen LogP contribution in [-0.2, 0) is 0 Å². The normalized spacial score (nSPS) is 25.3. The zero-order chi connectivity index (χ0) is 11.8. The minimum atomic E-state index is -0.123. The zero-order valence-electron chi connectivity index (χ0n) is 11.0. The Bertz CT molecular complexity index is 166. The number of unbranched alkanes of at least 4 members (excludes halogenated alkanes) is 1. The van der Waals surface area contributed by atoms with Crippen LogP contribution < -0.4 is 5.32 Å². The van der Waals surface area contributed by atoms with E-state index in [1.54, 1.807) is 0 Å². The maximum absolute atomic E-state index is 10.2. The van der Waals surface area contributed by atoms with Crippen molar-refractivity contribution in [1.29, 1.82) is 0 Å². The lowest BCUT2D eigenvalue weighted by atomic mass is 9.88. The Kier molecular flexibility index (Phi) is 7.06. The van der Waals surface area contributed by atoms with E-state index in [1.807, 2.05) is 0 Å². The van der Waals surface area contributed by atoms with Gasteiger partial charge in [-0.25, -0.2) is 0 Å². The molecular weight excluding hydrogens is 198 g/mol. The van der Waals surface area contributed by atoms with Gasteiger partial charge in [-0.1, -0.05) is 46.0 Å². The monoisotopic (exact) mass is 227 g/mol. The molecule has 2 nitrogen and oxygen atoms in total. The van der Waals surface area contributed by atoms with Gasteiger partial charge in [0.05, 0.1) is 6.10 Å². The van der Waals surface area contributed by atoms with Gasteiger partial charge in [-0.15, -0.1) is 0 Å². The summed E-state index contributed by atoms with van der Waals surface area (Å²) in [6.07, 6.45) is 9.66. The predicted octanol–water partition coefficient (Wildman–Crippen LogP) is 3.10. The molecule has 1 rings (SSSR count). The standard InChI is InChI=1S/C14H29NO/c1-3-5-8-12(4-2)11-14(16)13-9-6-7-10-15-13/h12-16H,3-11H2,1-2H3. The number of rotatable bonds is 7. The van der Waals surface area contributed by atoms with Crippen molar-refractivity contribution in [3.8, 4) is 0 Å². The minimum absolute atomic E-state index is 0.123. The van der Waals surface area contributed by atoms with Crippen LogP contribution in [0.15, 0.2) is 0 Å². The first kappa shape index (κ1) is 14.0. The van der Waals surface area contributed by atoms with E-state index in [2.05, 4.69) is 19.2 Å². The van der Waals surface area contributed by atoms with E-state index in [0.717, 1.165) is 25.3 Å². The van der Waals surface area contributed by atoms with Crippen LogP contribution in [0.2, 0.25) is 0 Å². The molecule has 3 unspecified atom stereocenters. The van der Waals surface area contributed by atoms with Crippen LogP contribution in [0, 0.1) is 5.92 Å². The molecule has 0 spiro atoms. The lowest BCUT2D eigenvalue weighted by Gasteiger charge is -2.30. The number of hydrogen-bond acceptors (Lipinski definition) is 2. The maximum atomic E-state index is 10.2. The third-order valence-electron chi connectivity index (χ3n) is 3.93. The van der Waals surface area contributed by atoms with Crippen LogP contribution in [0.25, 0.3) is 0 Å². The Morgan fingerprint density at radius 2 is 2.12 bits per heavy atom. The second-order valence-corrected chi connectivity index (χ2v) is 5.28. The number of aliphatic hydroxyl groups excluding tert-OH is 1. The molecule has 0 aromatic heterocycles. The summed E-state index contributed by atoms with van der Waals surface area (Å²) >= 11 is 0. The first-order valence-electron chi connectivity index (χ1n) is 7.19. The molecule has 0 amide bonds. The SMILES string of the molecule is CCCCC(CC)CC(O)C1CCCCN1. The Morgan fingerprint density at radius 1 is 1.31 bits per heavy atom. The Morgan fingerprint density at radius 3 is 2.69 bits per heavy atom. The molecule has 1 fully saturated rings. The molecule has 16 heavy (non-hydrogen) atoms. The maximum Gasteiger partial charge on any atom is 0.0695 e. The molecule has 2 N–H and O–H groups in total. The second-order valence-electron chi connectivity index (χ2n) is 5.28. The fourth-order valence-corrected chi connectivity index (χ4v) is 2.69. The van der Waals surface area contributed by atoms with Gasteiger partial charge in [0.2, 0.25) is 0 Å². The van der Waals surface area contributed by atoms with Crippen molar-refractivity contribution in [3.63, 3.8) is 0 Å². The summed E-state index contributed by atoms with van der Waals surface area (Å²) in [6, 6.07) is 0.365. The molecule has 0 aromatic carbocycles. The third kappa shape index (κ3) is 4.84. The lowest BCUT2D eigenvalue weighted by molar-refractivity contribution is 0.0851. The van der Waals surface area contributed by atoms with Crippen LogP contribution in [0.3, 0.4) is 0 Å². The van der Waals surface area contributed by atoms with Gasteiger partial charge in [-0.2, -0.15) is 0 Å². The summed E-state index contributed by atoms with van der Waals surface area (Å²) in [5.74, 6) is 0.721. The van der Waals surface area contributed by atoms with Crippen LogP contribution in [0.4, 0.5) is 0 Å². The second kappa shape index (κ2) is 8.08. The third-order valence-corrected chi connectivity index (χ3v) is 3.93. The summed E-state index contributed by atoms with van der Waals surface area (Å²) in [5, 5.41) is 13.7. The highest BCUT2D eigenvalue weighted by atomic mass is 16.3. The number of aliphatic hydroxyl groups is 1. The Labute approximate surface area is 101 Å². The van der Waals surface area contributed by atoms with E-state index in [1.165, 1.54) is 38.5 Å². The number of piperidine rings is 1. The van der Waals surface area contributed by atoms with Gasteiger partial charge in [0.25, 0.3) is 0 Å². The summed E-state index contributed by atoms with van der Waals surface area (Å²) in [7, 11) is 0. The smallest absolute Gasteiger partial charge is 0.0695 e. The van der Waals surface area contributed by atoms with Crippen molar-refractivity contribution in [3.05, 3.63) is 0 Å². The van der Waals surface area contributed by atoms with Crippen molar-refractivity contribution in [2.24, 2.45) is 5.92 Å². The van der Waals surface area contributed by atoms with E-state index < -0.39 is 0 Å². The number of nitrogens with one attached hydrogen (secondary N) is 1. The summed E-state index contributed by atoms with van der Waals surface area (Å²) in [6.45, 7) is 5.58. The van der Waals surface area contributed by atoms with Gasteiger partial charge >= 0.3 is 0 Å². The molecule has 96 valence electrons. The molecule has 1 saturated heterocycles. The van der Waals surface area contributed by atoms with Gasteiger partial charge in [-0.3, -0.25) is 0 Å². The molecular formula is C14H29NO. The van der Waals surface area contributed by atoms with Crippen LogP contribution >= 0.6 is 0 Å². The molecule has 1 heterocycles. The lowest BCUT2D eigenvalue weighted by Crippen LogP contribution is -2.43. The van der Waals surface area contributed by atoms with Crippen molar-refractivity contribution >= 4 is 0 Å². The zero-order valence-corrected chi connectivity index (χ0v) is 11.0. The molecule has 0 radical (unpaired) electrons. The van der Waals surface area contributed by atoms with Gasteiger partial charge in [0.1, 0.15) is 0 Å². The molecule has 0 bridgehead atoms. The fraction of sp³-hybridized carbons (Fsp3) is 1.00. The molecule has 0 aliphatic carbocycles. The minimum Gasteiger partial charge on any atom is -0.391 e. The molecule has 1 aliphatic heterocycles. The van der Waals surface area contributed by atoms with Crippen molar-refractivity contribution in [2.45, 2.75) is 77.4 Å². The van der Waals surface area contributed by atoms with Gasteiger partial charge < -0.3 is 10.4 Å². The first-order chi connectivity index (χ1) is 7.77. The molecule has 0 aromatic rings. The first-order valence-corrected chi connectivity index (χ1v) is 7.19. The number of hydrogen-bond donors (Lipinski definition) is 2. The predicted molar refractivity (Wildman–Crippen MR) is 69.6 cm³/mol. The highest BCUT2D eigenvalue weighted by Crippen LogP contribution is 2.22. The molecule has 3 atom stereocenters. The topological polar surface area (TPSA) is 32.3 Å². The summed E-state index contributed by atoms with van der Waals surface area (Å²) in [5.41, 5.74) is 0. The molecule has 1 aliphatic rings. The van der Waals surface area contributed by atoms with Crippen molar-refractivity contribution in [1.82, 2.24) is 5.32 Å². The highest BCUT2D eigenvalue weighted by Gasteiger charge is 2.23. The van der Waals surface area contributed by atoms with Gasteiger partial charge in [0, 0.05) is 6.04 Å². The van der Waals surface area contributed by atoms with E-state index in [-0.39, 0.29) is 6.10 Å². The van der Waals surface area contributed by atoms with Crippen molar-refractivity contribution in [2.75, 3.05) is 6.54 Å². The van der Waals surface area contributed by atoms with E-state index in [9.17, 15) is 5.11 Å². The molecule has 0 saturated carbocycles. The summed E-state index contributed by atoms with van der Waals surface area (Å²) < 4.78 is 0. The fourth-order valence-electron chi connectivity index (χ4n) is 2.69. The average Bonchev–Trinajstić information content (AvgIpc) is 2.35. The quantitative estimate of drug-likeness (QED) is 0.700. The van der Waals surface area contributed by atoms with E-state index >= 15 is 0 Å².